The summed E-state index contributed by atoms with van der Waals surface area (Å²) < 4.78 is 31.0. The van der Waals surface area contributed by atoms with Crippen LogP contribution in [0.5, 0.6) is 0 Å². The Bertz CT molecular complexity index is 512. The molecule has 0 amide bonds. The third-order valence-corrected chi connectivity index (χ3v) is 4.92. The van der Waals surface area contributed by atoms with Gasteiger partial charge in [-0.05, 0) is 12.8 Å². The van der Waals surface area contributed by atoms with Gasteiger partial charge in [-0.1, -0.05) is 6.92 Å². The highest BCUT2D eigenvalue weighted by molar-refractivity contribution is 7.91. The van der Waals surface area contributed by atoms with Crippen LogP contribution in [-0.4, -0.2) is 44.2 Å². The molecule has 1 heterocycles. The number of carbonyl (C=O) groups is 1. The van der Waals surface area contributed by atoms with E-state index in [4.69, 9.17) is 9.84 Å². The van der Waals surface area contributed by atoms with Crippen molar-refractivity contribution in [1.82, 2.24) is 9.71 Å². The molecule has 0 aliphatic rings. The average molecular weight is 308 g/mol. The lowest BCUT2D eigenvalue weighted by Crippen LogP contribution is -2.26. The fourth-order valence-corrected chi connectivity index (χ4v) is 3.52. The maximum absolute atomic E-state index is 11.9. The summed E-state index contributed by atoms with van der Waals surface area (Å²) >= 11 is 0.783. The van der Waals surface area contributed by atoms with Crippen molar-refractivity contribution in [2.45, 2.75) is 24.0 Å². The summed E-state index contributed by atoms with van der Waals surface area (Å²) in [6, 6.07) is 0. The van der Waals surface area contributed by atoms with Crippen molar-refractivity contribution in [2.75, 3.05) is 19.8 Å². The normalized spacial score (nSPS) is 11.6. The van der Waals surface area contributed by atoms with E-state index in [9.17, 15) is 13.2 Å². The standard InChI is InChI=1S/C10H16N2O5S2/c1-2-5-17-6-3-4-12-19(15,16)10-8(9(13)14)11-7-18-10/h7,12H,2-6H2,1H3,(H,13,14). The second-order valence-corrected chi connectivity index (χ2v) is 6.47. The van der Waals surface area contributed by atoms with Crippen molar-refractivity contribution < 1.29 is 23.1 Å². The molecule has 1 aromatic heterocycles. The summed E-state index contributed by atoms with van der Waals surface area (Å²) in [7, 11) is -3.82. The summed E-state index contributed by atoms with van der Waals surface area (Å²) in [5.41, 5.74) is 0.752. The number of aromatic nitrogens is 1. The minimum atomic E-state index is -3.82. The average Bonchev–Trinajstić information content (AvgIpc) is 2.83. The lowest BCUT2D eigenvalue weighted by Gasteiger charge is -2.05. The SMILES string of the molecule is CCCOCCCNS(=O)(=O)c1scnc1C(=O)O. The number of ether oxygens (including phenoxy) is 1. The van der Waals surface area contributed by atoms with Crippen molar-refractivity contribution in [1.29, 1.82) is 0 Å². The monoisotopic (exact) mass is 308 g/mol. The predicted octanol–water partition coefficient (Wildman–Crippen LogP) is 0.936. The van der Waals surface area contributed by atoms with Crippen molar-refractivity contribution in [2.24, 2.45) is 0 Å². The second kappa shape index (κ2) is 7.53. The van der Waals surface area contributed by atoms with Crippen LogP contribution in [-0.2, 0) is 14.8 Å². The zero-order valence-electron chi connectivity index (χ0n) is 10.5. The Morgan fingerprint density at radius 1 is 1.53 bits per heavy atom. The van der Waals surface area contributed by atoms with Crippen molar-refractivity contribution in [3.05, 3.63) is 11.2 Å². The molecule has 2 N–H and O–H groups in total. The molecule has 0 fully saturated rings. The van der Waals surface area contributed by atoms with Gasteiger partial charge in [-0.3, -0.25) is 0 Å². The maximum atomic E-state index is 11.9. The lowest BCUT2D eigenvalue weighted by atomic mass is 10.4. The number of nitrogens with one attached hydrogen (secondary N) is 1. The van der Waals surface area contributed by atoms with Gasteiger partial charge in [-0.15, -0.1) is 11.3 Å². The first-order valence-corrected chi connectivity index (χ1v) is 8.09. The molecule has 0 bridgehead atoms. The molecule has 108 valence electrons. The predicted molar refractivity (Wildman–Crippen MR) is 70.0 cm³/mol. The van der Waals surface area contributed by atoms with E-state index in [2.05, 4.69) is 9.71 Å². The number of nitrogens with zero attached hydrogens (tertiary/aromatic N) is 1. The minimum Gasteiger partial charge on any atom is -0.476 e. The number of aromatic carboxylic acids is 1. The van der Waals surface area contributed by atoms with Gasteiger partial charge in [0.25, 0.3) is 10.0 Å². The Morgan fingerprint density at radius 2 is 2.26 bits per heavy atom. The molecular weight excluding hydrogens is 292 g/mol. The van der Waals surface area contributed by atoms with Crippen LogP contribution in [0.2, 0.25) is 0 Å². The van der Waals surface area contributed by atoms with Gasteiger partial charge in [0.15, 0.2) is 9.90 Å². The zero-order chi connectivity index (χ0) is 14.3. The van der Waals surface area contributed by atoms with Gasteiger partial charge < -0.3 is 9.84 Å². The smallest absolute Gasteiger partial charge is 0.356 e. The zero-order valence-corrected chi connectivity index (χ0v) is 12.1. The van der Waals surface area contributed by atoms with Gasteiger partial charge in [0.05, 0.1) is 5.51 Å². The highest BCUT2D eigenvalue weighted by atomic mass is 32.2. The fourth-order valence-electron chi connectivity index (χ4n) is 1.26. The topological polar surface area (TPSA) is 106 Å². The van der Waals surface area contributed by atoms with Crippen LogP contribution < -0.4 is 4.72 Å². The van der Waals surface area contributed by atoms with Gasteiger partial charge in [0.1, 0.15) is 0 Å². The summed E-state index contributed by atoms with van der Waals surface area (Å²) in [5.74, 6) is -1.35. The molecule has 0 atom stereocenters. The molecule has 1 aromatic rings. The van der Waals surface area contributed by atoms with Gasteiger partial charge in [0, 0.05) is 19.8 Å². The summed E-state index contributed by atoms with van der Waals surface area (Å²) in [6.07, 6.45) is 1.44. The molecule has 1 rings (SSSR count). The molecule has 0 radical (unpaired) electrons. The van der Waals surface area contributed by atoms with E-state index < -0.39 is 21.7 Å². The number of hydrogen-bond acceptors (Lipinski definition) is 6. The van der Waals surface area contributed by atoms with Crippen molar-refractivity contribution in [3.63, 3.8) is 0 Å². The summed E-state index contributed by atoms with van der Waals surface area (Å²) in [5, 5.41) is 8.82. The maximum Gasteiger partial charge on any atom is 0.356 e. The Morgan fingerprint density at radius 3 is 2.89 bits per heavy atom. The summed E-state index contributed by atoms with van der Waals surface area (Å²) in [4.78, 5) is 14.3. The fraction of sp³-hybridized carbons (Fsp3) is 0.600. The Hall–Kier alpha value is -1.03. The van der Waals surface area contributed by atoms with Crippen LogP contribution in [0.15, 0.2) is 9.72 Å². The van der Waals surface area contributed by atoms with Crippen LogP contribution in [0.1, 0.15) is 30.3 Å². The van der Waals surface area contributed by atoms with Crippen LogP contribution in [0.4, 0.5) is 0 Å². The number of rotatable bonds is 9. The molecule has 19 heavy (non-hydrogen) atoms. The van der Waals surface area contributed by atoms with Gasteiger partial charge in [-0.2, -0.15) is 0 Å². The van der Waals surface area contributed by atoms with Crippen LogP contribution in [0.3, 0.4) is 0 Å². The largest absolute Gasteiger partial charge is 0.476 e. The number of sulfonamides is 1. The molecule has 0 aromatic carbocycles. The van der Waals surface area contributed by atoms with E-state index in [0.717, 1.165) is 17.8 Å². The van der Waals surface area contributed by atoms with E-state index in [-0.39, 0.29) is 10.8 Å². The molecule has 0 saturated carbocycles. The first-order valence-electron chi connectivity index (χ1n) is 5.73. The number of hydrogen-bond donors (Lipinski definition) is 2. The molecule has 0 unspecified atom stereocenters. The van der Waals surface area contributed by atoms with E-state index in [0.29, 0.717) is 19.6 Å². The highest BCUT2D eigenvalue weighted by Crippen LogP contribution is 2.19. The summed E-state index contributed by atoms with van der Waals surface area (Å²) in [6.45, 7) is 3.29. The van der Waals surface area contributed by atoms with Crippen molar-refractivity contribution >= 4 is 27.3 Å². The molecule has 0 aliphatic carbocycles. The van der Waals surface area contributed by atoms with E-state index in [1.807, 2.05) is 6.92 Å². The Balaban J connectivity index is 2.52. The van der Waals surface area contributed by atoms with Crippen molar-refractivity contribution in [3.8, 4) is 0 Å². The lowest BCUT2D eigenvalue weighted by molar-refractivity contribution is 0.0687. The molecule has 7 nitrogen and oxygen atoms in total. The second-order valence-electron chi connectivity index (χ2n) is 3.66. The minimum absolute atomic E-state index is 0.197. The third-order valence-electron chi connectivity index (χ3n) is 2.09. The molecule has 9 heteroatoms. The molecule has 0 aliphatic heterocycles. The molecular formula is C10H16N2O5S2. The first kappa shape index (κ1) is 16.0. The van der Waals surface area contributed by atoms with E-state index in [1.165, 1.54) is 5.51 Å². The number of carboxylic acids is 1. The Kier molecular flexibility index (Phi) is 6.35. The molecule has 0 spiro atoms. The van der Waals surface area contributed by atoms with Gasteiger partial charge in [0.2, 0.25) is 0 Å². The van der Waals surface area contributed by atoms with E-state index in [1.54, 1.807) is 0 Å². The number of carboxylic acid groups (broad SMARTS) is 1. The molecule has 0 saturated heterocycles. The van der Waals surface area contributed by atoms with E-state index >= 15 is 0 Å². The van der Waals surface area contributed by atoms with Crippen LogP contribution >= 0.6 is 11.3 Å². The van der Waals surface area contributed by atoms with Gasteiger partial charge in [-0.25, -0.2) is 22.9 Å². The Labute approximate surface area is 115 Å². The van der Waals surface area contributed by atoms with Gasteiger partial charge >= 0.3 is 5.97 Å². The highest BCUT2D eigenvalue weighted by Gasteiger charge is 2.25. The number of thiazole rings is 1. The van der Waals surface area contributed by atoms with Crippen LogP contribution in [0.25, 0.3) is 0 Å². The quantitative estimate of drug-likeness (QED) is 0.658. The van der Waals surface area contributed by atoms with Crippen LogP contribution in [0, 0.1) is 0 Å². The third kappa shape index (κ3) is 4.86. The first-order chi connectivity index (χ1) is 8.99.